The Hall–Kier alpha value is -1.50. The monoisotopic (exact) mass is 272 g/mol. The summed E-state index contributed by atoms with van der Waals surface area (Å²) in [4.78, 5) is 22.2. The molecule has 6 nitrogen and oxygen atoms in total. The lowest BCUT2D eigenvalue weighted by molar-refractivity contribution is -0.140. The molecule has 0 aromatic carbocycles. The molecule has 100 valence electrons. The minimum Gasteiger partial charge on any atom is -0.468 e. The predicted molar refractivity (Wildman–Crippen MR) is 67.2 cm³/mol. The van der Waals surface area contributed by atoms with Crippen LogP contribution in [0.5, 0.6) is 0 Å². The molecule has 0 fully saturated rings. The van der Waals surface area contributed by atoms with Gasteiger partial charge in [-0.05, 0) is 13.8 Å². The van der Waals surface area contributed by atoms with Gasteiger partial charge in [-0.25, -0.2) is 0 Å². The molecule has 0 unspecified atom stereocenters. The van der Waals surface area contributed by atoms with Crippen LogP contribution in [0.25, 0.3) is 0 Å². The number of ether oxygens (including phenoxy) is 1. The van der Waals surface area contributed by atoms with Crippen molar-refractivity contribution in [2.75, 3.05) is 19.4 Å². The number of thioether (sulfide) groups is 1. The second-order valence-corrected chi connectivity index (χ2v) is 4.63. The Morgan fingerprint density at radius 3 is 2.72 bits per heavy atom. The zero-order valence-electron chi connectivity index (χ0n) is 10.6. The first-order valence-corrected chi connectivity index (χ1v) is 6.53. The number of nitrogens with one attached hydrogen (secondary N) is 1. The van der Waals surface area contributed by atoms with Gasteiger partial charge in [-0.3, -0.25) is 9.59 Å². The maximum Gasteiger partial charge on any atom is 0.325 e. The molecule has 1 aromatic heterocycles. The number of methoxy groups -OCH3 is 1. The van der Waals surface area contributed by atoms with E-state index in [4.69, 9.17) is 4.52 Å². The van der Waals surface area contributed by atoms with Crippen LogP contribution in [0.4, 0.5) is 0 Å². The van der Waals surface area contributed by atoms with E-state index in [-0.39, 0.29) is 18.2 Å². The van der Waals surface area contributed by atoms with Crippen LogP contribution in [0.1, 0.15) is 17.0 Å². The molecular weight excluding hydrogens is 256 g/mol. The largest absolute Gasteiger partial charge is 0.468 e. The fraction of sp³-hybridized carbons (Fsp3) is 0.545. The number of nitrogens with zero attached hydrogens (tertiary/aromatic N) is 1. The van der Waals surface area contributed by atoms with Crippen LogP contribution < -0.4 is 5.32 Å². The number of carbonyl (C=O) groups is 2. The van der Waals surface area contributed by atoms with E-state index >= 15 is 0 Å². The second kappa shape index (κ2) is 7.05. The standard InChI is InChI=1S/C11H16N2O4S/c1-7-9(8(2)17-13-7)5-18-6-10(14)12-4-11(15)16-3/h4-6H2,1-3H3,(H,12,14). The Kier molecular flexibility index (Phi) is 5.70. The molecule has 0 saturated carbocycles. The molecule has 1 rings (SSSR count). The molecule has 0 aliphatic carbocycles. The van der Waals surface area contributed by atoms with Crippen molar-refractivity contribution in [1.29, 1.82) is 0 Å². The third-order valence-corrected chi connectivity index (χ3v) is 3.28. The summed E-state index contributed by atoms with van der Waals surface area (Å²) < 4.78 is 9.44. The normalized spacial score (nSPS) is 10.2. The van der Waals surface area contributed by atoms with Crippen molar-refractivity contribution in [3.05, 3.63) is 17.0 Å². The van der Waals surface area contributed by atoms with Gasteiger partial charge >= 0.3 is 5.97 Å². The average molecular weight is 272 g/mol. The molecular formula is C11H16N2O4S. The van der Waals surface area contributed by atoms with Crippen molar-refractivity contribution in [2.45, 2.75) is 19.6 Å². The quantitative estimate of drug-likeness (QED) is 0.772. The van der Waals surface area contributed by atoms with E-state index in [1.807, 2.05) is 13.8 Å². The van der Waals surface area contributed by atoms with Gasteiger partial charge in [-0.15, -0.1) is 11.8 Å². The third-order valence-electron chi connectivity index (χ3n) is 2.32. The summed E-state index contributed by atoms with van der Waals surface area (Å²) in [6.07, 6.45) is 0. The molecule has 7 heteroatoms. The molecule has 0 radical (unpaired) electrons. The topological polar surface area (TPSA) is 81.4 Å². The second-order valence-electron chi connectivity index (χ2n) is 3.65. The summed E-state index contributed by atoms with van der Waals surface area (Å²) in [5.41, 5.74) is 1.86. The van der Waals surface area contributed by atoms with E-state index in [0.29, 0.717) is 5.75 Å². The van der Waals surface area contributed by atoms with Gasteiger partial charge in [0.1, 0.15) is 12.3 Å². The van der Waals surface area contributed by atoms with Crippen LogP contribution in [0.3, 0.4) is 0 Å². The number of esters is 1. The van der Waals surface area contributed by atoms with E-state index in [1.165, 1.54) is 18.9 Å². The van der Waals surface area contributed by atoms with Crippen molar-refractivity contribution in [1.82, 2.24) is 10.5 Å². The SMILES string of the molecule is COC(=O)CNC(=O)CSCc1c(C)noc1C. The van der Waals surface area contributed by atoms with Gasteiger partial charge in [0, 0.05) is 11.3 Å². The Labute approximate surface area is 109 Å². The minimum absolute atomic E-state index is 0.0960. The van der Waals surface area contributed by atoms with Gasteiger partial charge < -0.3 is 14.6 Å². The molecule has 0 saturated heterocycles. The van der Waals surface area contributed by atoms with Crippen molar-refractivity contribution < 1.29 is 18.8 Å². The lowest BCUT2D eigenvalue weighted by Gasteiger charge is -2.03. The van der Waals surface area contributed by atoms with Crippen LogP contribution in [-0.4, -0.2) is 36.4 Å². The number of hydrogen-bond donors (Lipinski definition) is 1. The van der Waals surface area contributed by atoms with Gasteiger partial charge in [-0.1, -0.05) is 5.16 Å². The molecule has 1 aromatic rings. The van der Waals surface area contributed by atoms with E-state index in [0.717, 1.165) is 17.0 Å². The summed E-state index contributed by atoms with van der Waals surface area (Å²) in [5, 5.41) is 6.30. The molecule has 0 spiro atoms. The molecule has 0 aliphatic rings. The predicted octanol–water partition coefficient (Wildman–Crippen LogP) is 0.814. The van der Waals surface area contributed by atoms with Gasteiger partial charge in [-0.2, -0.15) is 0 Å². The minimum atomic E-state index is -0.459. The van der Waals surface area contributed by atoms with E-state index < -0.39 is 5.97 Å². The third kappa shape index (κ3) is 4.40. The number of hydrogen-bond acceptors (Lipinski definition) is 6. The summed E-state index contributed by atoms with van der Waals surface area (Å²) in [5.74, 6) is 1.06. The average Bonchev–Trinajstić information content (AvgIpc) is 2.67. The van der Waals surface area contributed by atoms with Crippen LogP contribution in [-0.2, 0) is 20.1 Å². The number of amides is 1. The van der Waals surface area contributed by atoms with Crippen LogP contribution >= 0.6 is 11.8 Å². The summed E-state index contributed by atoms with van der Waals surface area (Å²) in [7, 11) is 1.28. The first kappa shape index (κ1) is 14.6. The Bertz CT molecular complexity index is 411. The summed E-state index contributed by atoms with van der Waals surface area (Å²) in [6, 6.07) is 0. The van der Waals surface area contributed by atoms with Crippen molar-refractivity contribution >= 4 is 23.6 Å². The highest BCUT2D eigenvalue weighted by Gasteiger charge is 2.10. The zero-order chi connectivity index (χ0) is 13.5. The highest BCUT2D eigenvalue weighted by Crippen LogP contribution is 2.18. The van der Waals surface area contributed by atoms with Gasteiger partial charge in [0.2, 0.25) is 5.91 Å². The fourth-order valence-electron chi connectivity index (χ4n) is 1.25. The molecule has 0 aliphatic heterocycles. The highest BCUT2D eigenvalue weighted by atomic mass is 32.2. The lowest BCUT2D eigenvalue weighted by atomic mass is 10.2. The highest BCUT2D eigenvalue weighted by molar-refractivity contribution is 7.99. The van der Waals surface area contributed by atoms with Crippen molar-refractivity contribution in [2.24, 2.45) is 0 Å². The number of aryl methyl sites for hydroxylation is 2. The smallest absolute Gasteiger partial charge is 0.325 e. The van der Waals surface area contributed by atoms with Crippen LogP contribution in [0.2, 0.25) is 0 Å². The van der Waals surface area contributed by atoms with E-state index in [2.05, 4.69) is 15.2 Å². The Morgan fingerprint density at radius 2 is 2.17 bits per heavy atom. The van der Waals surface area contributed by atoms with Gasteiger partial charge in [0.15, 0.2) is 0 Å². The van der Waals surface area contributed by atoms with E-state index in [9.17, 15) is 9.59 Å². The Morgan fingerprint density at radius 1 is 1.44 bits per heavy atom. The lowest BCUT2D eigenvalue weighted by Crippen LogP contribution is -2.31. The summed E-state index contributed by atoms with van der Waals surface area (Å²) in [6.45, 7) is 3.61. The Balaban J connectivity index is 2.26. The maximum absolute atomic E-state index is 11.4. The van der Waals surface area contributed by atoms with E-state index in [1.54, 1.807) is 0 Å². The van der Waals surface area contributed by atoms with Crippen molar-refractivity contribution in [3.63, 3.8) is 0 Å². The number of carbonyl (C=O) groups excluding carboxylic acids is 2. The maximum atomic E-state index is 11.4. The molecule has 0 bridgehead atoms. The van der Waals surface area contributed by atoms with Crippen molar-refractivity contribution in [3.8, 4) is 0 Å². The first-order valence-electron chi connectivity index (χ1n) is 5.37. The molecule has 18 heavy (non-hydrogen) atoms. The van der Waals surface area contributed by atoms with Gasteiger partial charge in [0.05, 0.1) is 18.6 Å². The number of aromatic nitrogens is 1. The molecule has 0 atom stereocenters. The zero-order valence-corrected chi connectivity index (χ0v) is 11.4. The fourth-order valence-corrected chi connectivity index (χ4v) is 2.25. The first-order chi connectivity index (χ1) is 8.54. The van der Waals surface area contributed by atoms with Gasteiger partial charge in [0.25, 0.3) is 0 Å². The van der Waals surface area contributed by atoms with Crippen LogP contribution in [0.15, 0.2) is 4.52 Å². The molecule has 1 heterocycles. The summed E-state index contributed by atoms with van der Waals surface area (Å²) >= 11 is 1.44. The van der Waals surface area contributed by atoms with Crippen LogP contribution in [0, 0.1) is 13.8 Å². The number of rotatable bonds is 6. The molecule has 1 N–H and O–H groups in total. The molecule has 1 amide bonds.